The second-order valence-electron chi connectivity index (χ2n) is 11.2. The monoisotopic (exact) mass is 773 g/mol. The molecule has 3 heterocycles. The molecule has 0 fully saturated rings. The second-order valence-corrected chi connectivity index (χ2v) is 14.9. The van der Waals surface area contributed by atoms with E-state index in [-0.39, 0.29) is 31.2 Å². The fourth-order valence-electron chi connectivity index (χ4n) is 6.00. The molecule has 1 N–H and O–H groups in total. The van der Waals surface area contributed by atoms with E-state index in [0.717, 1.165) is 11.9 Å². The van der Waals surface area contributed by atoms with E-state index in [1.807, 2.05) is 0 Å². The number of hydrogen-bond acceptors (Lipinski definition) is 11. The Hall–Kier alpha value is -3.81. The van der Waals surface area contributed by atoms with Crippen LogP contribution >= 0.6 is 34.8 Å². The van der Waals surface area contributed by atoms with Gasteiger partial charge in [-0.1, -0.05) is 40.9 Å². The zero-order chi connectivity index (χ0) is 36.2. The number of esters is 1. The van der Waals surface area contributed by atoms with Gasteiger partial charge in [0.2, 0.25) is 22.2 Å². The zero-order valence-corrected chi connectivity index (χ0v) is 30.3. The summed E-state index contributed by atoms with van der Waals surface area (Å²) in [5.74, 6) is 2.84. The van der Waals surface area contributed by atoms with Gasteiger partial charge in [0, 0.05) is 30.6 Å². The minimum atomic E-state index is -4.83. The van der Waals surface area contributed by atoms with Crippen LogP contribution in [0.25, 0.3) is 0 Å². The number of ether oxygens (including phenoxy) is 6. The number of methoxy groups -OCH3 is 3. The highest BCUT2D eigenvalue weighted by molar-refractivity contribution is 7.85. The number of carbonyl (C=O) groups is 2. The first-order valence-corrected chi connectivity index (χ1v) is 17.8. The maximum atomic E-state index is 13.4. The largest absolute Gasteiger partial charge is 0.493 e. The van der Waals surface area contributed by atoms with Crippen molar-refractivity contribution < 1.29 is 50.6 Å². The van der Waals surface area contributed by atoms with Crippen LogP contribution in [0.4, 0.5) is 0 Å². The van der Waals surface area contributed by atoms with Crippen molar-refractivity contribution >= 4 is 63.3 Å². The van der Waals surface area contributed by atoms with Crippen molar-refractivity contribution in [3.05, 3.63) is 40.5 Å². The average Bonchev–Trinajstić information content (AvgIpc) is 3.68. The molecule has 3 atom stereocenters. The second kappa shape index (κ2) is 15.6. The van der Waals surface area contributed by atoms with Gasteiger partial charge in [0.15, 0.2) is 29.1 Å². The lowest BCUT2D eigenvalue weighted by molar-refractivity contribution is -0.122. The Bertz CT molecular complexity index is 1810. The molecule has 0 radical (unpaired) electrons. The van der Waals surface area contributed by atoms with Gasteiger partial charge in [0.25, 0.3) is 0 Å². The highest BCUT2D eigenvalue weighted by atomic mass is 35.6. The summed E-state index contributed by atoms with van der Waals surface area (Å²) in [6.45, 7) is 0.450. The fraction of sp³-hybridized carbons (Fsp3) is 0.469. The van der Waals surface area contributed by atoms with Gasteiger partial charge >= 0.3 is 16.3 Å². The highest BCUT2D eigenvalue weighted by Crippen LogP contribution is 2.55. The number of rotatable bonds is 14. The first kappa shape index (κ1) is 37.4. The molecule has 0 spiro atoms. The smallest absolute Gasteiger partial charge is 0.382 e. The van der Waals surface area contributed by atoms with Gasteiger partial charge in [0.05, 0.1) is 27.8 Å². The number of alkyl halides is 3. The van der Waals surface area contributed by atoms with Gasteiger partial charge in [-0.05, 0) is 37.0 Å². The molecule has 270 valence electrons. The van der Waals surface area contributed by atoms with Crippen LogP contribution in [-0.4, -0.2) is 82.6 Å². The van der Waals surface area contributed by atoms with Crippen molar-refractivity contribution in [2.45, 2.75) is 54.1 Å². The minimum absolute atomic E-state index is 0.0353. The molecule has 0 bridgehead atoms. The summed E-state index contributed by atoms with van der Waals surface area (Å²) in [6.07, 6.45) is 5.16. The molecule has 0 unspecified atom stereocenters. The van der Waals surface area contributed by atoms with Crippen LogP contribution in [-0.2, 0) is 30.4 Å². The van der Waals surface area contributed by atoms with Crippen LogP contribution in [0.1, 0.15) is 64.9 Å². The molecule has 18 heteroatoms. The van der Waals surface area contributed by atoms with Gasteiger partial charge in [0.1, 0.15) is 24.0 Å². The van der Waals surface area contributed by atoms with Crippen LogP contribution in [0.15, 0.2) is 22.6 Å². The van der Waals surface area contributed by atoms with Crippen LogP contribution < -0.4 is 29.0 Å². The van der Waals surface area contributed by atoms with Crippen molar-refractivity contribution in [3.63, 3.8) is 0 Å². The normalized spacial score (nSPS) is 18.6. The van der Waals surface area contributed by atoms with Gasteiger partial charge in [-0.25, -0.2) is 8.98 Å². The number of terminal acetylenes is 1. The predicted molar refractivity (Wildman–Crippen MR) is 183 cm³/mol. The van der Waals surface area contributed by atoms with E-state index in [1.165, 1.54) is 21.3 Å². The van der Waals surface area contributed by atoms with Crippen molar-refractivity contribution in [2.75, 3.05) is 41.2 Å². The first-order chi connectivity index (χ1) is 23.8. The van der Waals surface area contributed by atoms with Gasteiger partial charge in [-0.3, -0.25) is 4.79 Å². The molecule has 0 saturated heterocycles. The number of halogens is 3. The Morgan fingerprint density at radius 2 is 1.94 bits per heavy atom. The summed E-state index contributed by atoms with van der Waals surface area (Å²) >= 11 is 18.1. The molecular weight excluding hydrogens is 741 g/mol. The highest BCUT2D eigenvalue weighted by Gasteiger charge is 2.47. The maximum Gasteiger partial charge on any atom is 0.382 e. The van der Waals surface area contributed by atoms with Crippen molar-refractivity contribution in [1.82, 2.24) is 10.2 Å². The average molecular weight is 775 g/mol. The lowest BCUT2D eigenvalue weighted by Crippen LogP contribution is -2.39. The number of benzene rings is 2. The van der Waals surface area contributed by atoms with Gasteiger partial charge in [-0.15, -0.1) is 16.7 Å². The van der Waals surface area contributed by atoms with E-state index in [2.05, 4.69) is 15.6 Å². The van der Waals surface area contributed by atoms with E-state index in [4.69, 9.17) is 73.8 Å². The number of unbranched alkanes of at least 4 members (excludes halogenated alkanes) is 2. The van der Waals surface area contributed by atoms with Gasteiger partial charge in [-0.2, -0.15) is 8.42 Å². The quantitative estimate of drug-likeness (QED) is 0.0712. The molecule has 14 nitrogen and oxygen atoms in total. The summed E-state index contributed by atoms with van der Waals surface area (Å²) in [5.41, 5.74) is 1.93. The molecule has 1 amide bonds. The van der Waals surface area contributed by atoms with Crippen LogP contribution in [0.3, 0.4) is 0 Å². The molecular formula is C32H34Cl3N3O11S. The van der Waals surface area contributed by atoms with Crippen molar-refractivity contribution in [3.8, 4) is 41.1 Å². The first-order valence-electron chi connectivity index (χ1n) is 15.3. The Morgan fingerprint density at radius 3 is 2.62 bits per heavy atom. The van der Waals surface area contributed by atoms with Crippen molar-refractivity contribution in [1.29, 1.82) is 0 Å². The summed E-state index contributed by atoms with van der Waals surface area (Å²) in [5, 5.41) is 2.62. The van der Waals surface area contributed by atoms with Gasteiger partial charge < -0.3 is 38.6 Å². The predicted octanol–water partition coefficient (Wildman–Crippen LogP) is 4.59. The van der Waals surface area contributed by atoms with Crippen LogP contribution in [0.2, 0.25) is 0 Å². The number of carbonyl (C=O) groups excluding carboxylic acids is 2. The molecule has 3 aliphatic heterocycles. The van der Waals surface area contributed by atoms with Crippen LogP contribution in [0.5, 0.6) is 28.7 Å². The third-order valence-corrected chi connectivity index (χ3v) is 9.78. The third-order valence-electron chi connectivity index (χ3n) is 8.22. The summed E-state index contributed by atoms with van der Waals surface area (Å²) < 4.78 is 67.1. The molecule has 50 heavy (non-hydrogen) atoms. The molecule has 2 aromatic carbocycles. The molecule has 0 aromatic heterocycles. The summed E-state index contributed by atoms with van der Waals surface area (Å²) in [4.78, 5) is 27.5. The van der Waals surface area contributed by atoms with E-state index in [1.54, 1.807) is 23.1 Å². The Kier molecular flexibility index (Phi) is 11.7. The molecule has 0 saturated carbocycles. The van der Waals surface area contributed by atoms with Crippen LogP contribution in [0, 0.1) is 12.3 Å². The topological polar surface area (TPSA) is 161 Å². The number of fused-ring (bicyclic) bond motifs is 3. The standard InChI is InChI=1S/C32H34Cl3N3O11S/c1-5-6-7-8-12-36-23(39)15-22(32(33,34)35)49-50(41,42)37-16-38-13-11-18-14-21-29(47-17-46-21)30(45-4)24(18)26(38)27-19-9-10-20(43-2)28(44-3)25(19)31(40)48-27/h1,9-10,14,16,22,26-27H,6-8,11-13,15,17H2,2-4H3,(H,36,39)/b37-16+/t22-,26-,27+/m1/s1. The number of hydrogen-bond donors (Lipinski definition) is 1. The van der Waals surface area contributed by atoms with E-state index in [9.17, 15) is 18.0 Å². The molecule has 2 aromatic rings. The maximum absolute atomic E-state index is 13.4. The van der Waals surface area contributed by atoms with E-state index >= 15 is 0 Å². The Balaban J connectivity index is 1.48. The minimum Gasteiger partial charge on any atom is -0.493 e. The van der Waals surface area contributed by atoms with E-state index < -0.39 is 50.6 Å². The fourth-order valence-corrected chi connectivity index (χ4v) is 7.31. The van der Waals surface area contributed by atoms with Crippen molar-refractivity contribution in [2.24, 2.45) is 4.40 Å². The number of nitrogens with zero attached hydrogens (tertiary/aromatic N) is 2. The third kappa shape index (κ3) is 7.89. The number of amides is 1. The molecule has 0 aliphatic carbocycles. The number of nitrogens with one attached hydrogen (secondary N) is 1. The molecule has 3 aliphatic rings. The molecule has 5 rings (SSSR count). The van der Waals surface area contributed by atoms with E-state index in [0.29, 0.717) is 59.8 Å². The summed E-state index contributed by atoms with van der Waals surface area (Å²) in [7, 11) is -0.538. The Labute approximate surface area is 304 Å². The zero-order valence-electron chi connectivity index (χ0n) is 27.2. The number of cyclic esters (lactones) is 1. The lowest BCUT2D eigenvalue weighted by atomic mass is 9.85. The lowest BCUT2D eigenvalue weighted by Gasteiger charge is -2.39. The SMILES string of the molecule is C#CCCCCNC(=O)C[C@@H](OS(=O)(=O)/N=C/N1CCc2cc3c(c(OC)c2[C@@H]1[C@H]1OC(=O)c2c1ccc(OC)c2OC)OCO3)C(Cl)(Cl)Cl. The summed E-state index contributed by atoms with van der Waals surface area (Å²) in [6, 6.07) is 4.20. The Morgan fingerprint density at radius 1 is 1.18 bits per heavy atom.